The quantitative estimate of drug-likeness (QED) is 0.271. The Hall–Kier alpha value is -2.36. The van der Waals surface area contributed by atoms with Crippen molar-refractivity contribution in [2.75, 3.05) is 6.54 Å². The van der Waals surface area contributed by atoms with Crippen LogP contribution in [0.15, 0.2) is 0 Å². The van der Waals surface area contributed by atoms with Crippen LogP contribution in [0.5, 0.6) is 0 Å². The molecule has 10 nitrogen and oxygen atoms in total. The molecule has 10 heteroatoms. The zero-order valence-corrected chi connectivity index (χ0v) is 17.3. The maximum absolute atomic E-state index is 12.9. The van der Waals surface area contributed by atoms with E-state index in [4.69, 9.17) is 5.11 Å². The van der Waals surface area contributed by atoms with Crippen molar-refractivity contribution >= 4 is 23.8 Å². The van der Waals surface area contributed by atoms with E-state index in [9.17, 15) is 24.3 Å². The number of aliphatic hydroxyl groups is 1. The van der Waals surface area contributed by atoms with Gasteiger partial charge in [-0.25, -0.2) is 4.79 Å². The highest BCUT2D eigenvalue weighted by Crippen LogP contribution is 2.52. The molecule has 0 aromatic carbocycles. The SMILES string of the molecule is CCC1(C[C@H](NC(=O)O)C(=O)N[C@@H](C[C@@H]2CCNC2=O)C(O)C(=O)NC2CC2)CC1. The van der Waals surface area contributed by atoms with Gasteiger partial charge in [0.15, 0.2) is 6.10 Å². The van der Waals surface area contributed by atoms with Crippen molar-refractivity contribution in [2.24, 2.45) is 11.3 Å². The van der Waals surface area contributed by atoms with Gasteiger partial charge in [0, 0.05) is 18.5 Å². The lowest BCUT2D eigenvalue weighted by atomic mass is 9.92. The molecule has 3 fully saturated rings. The summed E-state index contributed by atoms with van der Waals surface area (Å²) in [4.78, 5) is 48.6. The van der Waals surface area contributed by atoms with Crippen LogP contribution >= 0.6 is 0 Å². The predicted molar refractivity (Wildman–Crippen MR) is 106 cm³/mol. The summed E-state index contributed by atoms with van der Waals surface area (Å²) in [6.45, 7) is 2.52. The van der Waals surface area contributed by atoms with Crippen LogP contribution in [-0.2, 0) is 14.4 Å². The Kier molecular flexibility index (Phi) is 6.84. The molecule has 0 aromatic rings. The van der Waals surface area contributed by atoms with E-state index in [1.807, 2.05) is 6.92 Å². The Morgan fingerprint density at radius 1 is 1.17 bits per heavy atom. The number of carbonyl (C=O) groups excluding carboxylic acids is 3. The summed E-state index contributed by atoms with van der Waals surface area (Å²) in [5.74, 6) is -1.77. The van der Waals surface area contributed by atoms with Crippen LogP contribution in [0.2, 0.25) is 0 Å². The lowest BCUT2D eigenvalue weighted by Gasteiger charge is -2.28. The summed E-state index contributed by atoms with van der Waals surface area (Å²) in [6, 6.07) is -1.93. The van der Waals surface area contributed by atoms with Gasteiger partial charge >= 0.3 is 6.09 Å². The standard InChI is InChI=1S/C20H32N4O6/c1-2-20(6-7-20)10-14(24-19(29)30)17(27)23-13(9-11-5-8-21-16(11)26)15(25)18(28)22-12-3-4-12/h11-15,24-25H,2-10H2,1H3,(H,21,26)(H,22,28)(H,23,27)(H,29,30)/t11-,13-,14-,15?/m0/s1. The van der Waals surface area contributed by atoms with E-state index in [0.29, 0.717) is 19.4 Å². The normalized spacial score (nSPS) is 24.9. The van der Waals surface area contributed by atoms with Crippen LogP contribution < -0.4 is 21.3 Å². The van der Waals surface area contributed by atoms with Crippen LogP contribution in [0.3, 0.4) is 0 Å². The third-order valence-corrected chi connectivity index (χ3v) is 6.56. The molecule has 0 spiro atoms. The van der Waals surface area contributed by atoms with Crippen molar-refractivity contribution in [1.82, 2.24) is 21.3 Å². The van der Waals surface area contributed by atoms with Crippen molar-refractivity contribution in [3.63, 3.8) is 0 Å². The average molecular weight is 424 g/mol. The molecule has 168 valence electrons. The summed E-state index contributed by atoms with van der Waals surface area (Å²) in [5.41, 5.74) is -0.0484. The first-order valence-electron chi connectivity index (χ1n) is 10.8. The fourth-order valence-corrected chi connectivity index (χ4v) is 4.09. The van der Waals surface area contributed by atoms with Crippen molar-refractivity contribution in [3.8, 4) is 0 Å². The Bertz CT molecular complexity index is 691. The van der Waals surface area contributed by atoms with Crippen molar-refractivity contribution in [2.45, 2.75) is 82.5 Å². The van der Waals surface area contributed by atoms with Crippen LogP contribution in [0.25, 0.3) is 0 Å². The minimum Gasteiger partial charge on any atom is -0.465 e. The number of carboxylic acid groups (broad SMARTS) is 1. The van der Waals surface area contributed by atoms with Crippen molar-refractivity contribution in [3.05, 3.63) is 0 Å². The van der Waals surface area contributed by atoms with E-state index in [1.165, 1.54) is 0 Å². The molecule has 3 aliphatic rings. The Morgan fingerprint density at radius 2 is 1.87 bits per heavy atom. The first-order valence-corrected chi connectivity index (χ1v) is 10.8. The van der Waals surface area contributed by atoms with E-state index in [2.05, 4.69) is 21.3 Å². The fourth-order valence-electron chi connectivity index (χ4n) is 4.09. The molecule has 2 aliphatic carbocycles. The van der Waals surface area contributed by atoms with Crippen molar-refractivity contribution < 1.29 is 29.4 Å². The molecule has 1 heterocycles. The molecule has 4 amide bonds. The third-order valence-electron chi connectivity index (χ3n) is 6.56. The van der Waals surface area contributed by atoms with Crippen LogP contribution in [0.4, 0.5) is 4.79 Å². The molecule has 30 heavy (non-hydrogen) atoms. The zero-order valence-electron chi connectivity index (χ0n) is 17.3. The van der Waals surface area contributed by atoms with Gasteiger partial charge < -0.3 is 31.5 Å². The van der Waals surface area contributed by atoms with Crippen LogP contribution in [0, 0.1) is 11.3 Å². The largest absolute Gasteiger partial charge is 0.465 e. The number of hydrogen-bond donors (Lipinski definition) is 6. The van der Waals surface area contributed by atoms with Gasteiger partial charge in [-0.15, -0.1) is 0 Å². The summed E-state index contributed by atoms with van der Waals surface area (Å²) in [7, 11) is 0. The van der Waals surface area contributed by atoms with E-state index in [0.717, 1.165) is 32.1 Å². The Labute approximate surface area is 175 Å². The number of aliphatic hydroxyl groups excluding tert-OH is 1. The molecule has 3 rings (SSSR count). The first-order chi connectivity index (χ1) is 14.2. The summed E-state index contributed by atoms with van der Waals surface area (Å²) in [6.07, 6.45) is 2.62. The number of rotatable bonds is 11. The number of amides is 4. The topological polar surface area (TPSA) is 157 Å². The monoisotopic (exact) mass is 424 g/mol. The average Bonchev–Trinajstić information content (AvgIpc) is 3.61. The summed E-state index contributed by atoms with van der Waals surface area (Å²) < 4.78 is 0. The number of hydrogen-bond acceptors (Lipinski definition) is 5. The molecule has 1 aliphatic heterocycles. The maximum atomic E-state index is 12.9. The highest BCUT2D eigenvalue weighted by Gasteiger charge is 2.45. The van der Waals surface area contributed by atoms with E-state index >= 15 is 0 Å². The molecule has 0 bridgehead atoms. The van der Waals surface area contributed by atoms with Gasteiger partial charge in [0.1, 0.15) is 6.04 Å². The predicted octanol–water partition coefficient (Wildman–Crippen LogP) is -0.147. The van der Waals surface area contributed by atoms with Crippen molar-refractivity contribution in [1.29, 1.82) is 0 Å². The van der Waals surface area contributed by atoms with Gasteiger partial charge in [0.25, 0.3) is 5.91 Å². The minimum atomic E-state index is -1.52. The van der Waals surface area contributed by atoms with Gasteiger partial charge in [-0.3, -0.25) is 14.4 Å². The van der Waals surface area contributed by atoms with Gasteiger partial charge in [-0.05, 0) is 50.4 Å². The van der Waals surface area contributed by atoms with E-state index in [1.54, 1.807) is 0 Å². The molecule has 2 saturated carbocycles. The second-order valence-electron chi connectivity index (χ2n) is 8.91. The van der Waals surface area contributed by atoms with Crippen LogP contribution in [-0.4, -0.2) is 64.8 Å². The van der Waals surface area contributed by atoms with E-state index < -0.39 is 42.0 Å². The van der Waals surface area contributed by atoms with Crippen LogP contribution in [0.1, 0.15) is 58.3 Å². The lowest BCUT2D eigenvalue weighted by Crippen LogP contribution is -2.56. The van der Waals surface area contributed by atoms with E-state index in [-0.39, 0.29) is 23.8 Å². The van der Waals surface area contributed by atoms with Gasteiger partial charge in [-0.1, -0.05) is 13.3 Å². The summed E-state index contributed by atoms with van der Waals surface area (Å²) in [5, 5.41) is 30.1. The molecule has 0 radical (unpaired) electrons. The molecule has 1 saturated heterocycles. The molecular formula is C20H32N4O6. The molecular weight excluding hydrogens is 392 g/mol. The second-order valence-corrected chi connectivity index (χ2v) is 8.91. The molecule has 0 aromatic heterocycles. The number of carbonyl (C=O) groups is 4. The minimum absolute atomic E-state index is 0.0407. The molecule has 6 N–H and O–H groups in total. The number of nitrogens with one attached hydrogen (secondary N) is 4. The lowest BCUT2D eigenvalue weighted by molar-refractivity contribution is -0.134. The first kappa shape index (κ1) is 22.3. The Balaban J connectivity index is 1.69. The highest BCUT2D eigenvalue weighted by molar-refractivity contribution is 5.88. The molecule has 1 unspecified atom stereocenters. The maximum Gasteiger partial charge on any atom is 0.405 e. The van der Waals surface area contributed by atoms with Gasteiger partial charge in [0.2, 0.25) is 11.8 Å². The Morgan fingerprint density at radius 3 is 2.37 bits per heavy atom. The fraction of sp³-hybridized carbons (Fsp3) is 0.800. The zero-order chi connectivity index (χ0) is 21.9. The van der Waals surface area contributed by atoms with Gasteiger partial charge in [0.05, 0.1) is 6.04 Å². The van der Waals surface area contributed by atoms with Gasteiger partial charge in [-0.2, -0.15) is 0 Å². The third kappa shape index (κ3) is 5.84. The summed E-state index contributed by atoms with van der Waals surface area (Å²) >= 11 is 0. The highest BCUT2D eigenvalue weighted by atomic mass is 16.4. The molecule has 4 atom stereocenters. The smallest absolute Gasteiger partial charge is 0.405 e. The second kappa shape index (κ2) is 9.20.